The highest BCUT2D eigenvalue weighted by molar-refractivity contribution is 7.89. The monoisotopic (exact) mass is 398 g/mol. The summed E-state index contributed by atoms with van der Waals surface area (Å²) in [5.41, 5.74) is 1.18. The Morgan fingerprint density at radius 2 is 2.07 bits per heavy atom. The van der Waals surface area contributed by atoms with Crippen molar-refractivity contribution in [1.82, 2.24) is 15.5 Å². The lowest BCUT2D eigenvalue weighted by Gasteiger charge is -2.16. The predicted octanol–water partition coefficient (Wildman–Crippen LogP) is 1.77. The van der Waals surface area contributed by atoms with Gasteiger partial charge in [-0.25, -0.2) is 17.8 Å². The molecule has 6 nitrogen and oxygen atoms in total. The number of nitrogens with one attached hydrogen (secondary N) is 2. The van der Waals surface area contributed by atoms with Crippen LogP contribution in [0.1, 0.15) is 31.4 Å². The zero-order valence-electron chi connectivity index (χ0n) is 16.5. The van der Waals surface area contributed by atoms with Crippen LogP contribution < -0.4 is 10.6 Å². The molecule has 1 heterocycles. The Hall–Kier alpha value is -1.67. The van der Waals surface area contributed by atoms with E-state index in [0.29, 0.717) is 23.0 Å². The first-order valence-electron chi connectivity index (χ1n) is 9.50. The van der Waals surface area contributed by atoms with Crippen molar-refractivity contribution in [3.8, 4) is 0 Å². The topological polar surface area (TPSA) is 73.8 Å². The summed E-state index contributed by atoms with van der Waals surface area (Å²) in [6.45, 7) is 9.24. The maximum atomic E-state index is 13.6. The Bertz CT molecular complexity index is 752. The minimum Gasteiger partial charge on any atom is -0.357 e. The second kappa shape index (κ2) is 10.0. The third kappa shape index (κ3) is 7.46. The van der Waals surface area contributed by atoms with E-state index in [9.17, 15) is 12.8 Å². The van der Waals surface area contributed by atoms with Gasteiger partial charge in [0.2, 0.25) is 0 Å². The summed E-state index contributed by atoms with van der Waals surface area (Å²) in [7, 11) is -3.20. The van der Waals surface area contributed by atoms with Crippen molar-refractivity contribution >= 4 is 15.8 Å². The normalized spacial score (nSPS) is 18.7. The molecule has 1 aromatic rings. The van der Waals surface area contributed by atoms with Crippen LogP contribution in [0.25, 0.3) is 0 Å². The third-order valence-electron chi connectivity index (χ3n) is 4.71. The van der Waals surface area contributed by atoms with Crippen molar-refractivity contribution in [2.75, 3.05) is 39.0 Å². The zero-order chi connectivity index (χ0) is 19.9. The molecule has 0 spiro atoms. The van der Waals surface area contributed by atoms with Gasteiger partial charge in [0, 0.05) is 25.9 Å². The summed E-state index contributed by atoms with van der Waals surface area (Å²) in [4.78, 5) is 6.97. The molecular formula is C19H31FN4O2S. The summed E-state index contributed by atoms with van der Waals surface area (Å²) in [5, 5.41) is 6.56. The summed E-state index contributed by atoms with van der Waals surface area (Å²) < 4.78 is 36.9. The van der Waals surface area contributed by atoms with Crippen molar-refractivity contribution in [3.63, 3.8) is 0 Å². The Morgan fingerprint density at radius 3 is 2.70 bits per heavy atom. The van der Waals surface area contributed by atoms with Crippen molar-refractivity contribution < 1.29 is 12.8 Å². The highest BCUT2D eigenvalue weighted by Crippen LogP contribution is 2.16. The minimum absolute atomic E-state index is 0.114. The van der Waals surface area contributed by atoms with Crippen LogP contribution in [0.4, 0.5) is 4.39 Å². The van der Waals surface area contributed by atoms with Gasteiger partial charge in [0.05, 0.1) is 12.3 Å². The molecule has 1 aliphatic heterocycles. The Labute approximate surface area is 162 Å². The smallest absolute Gasteiger partial charge is 0.191 e. The minimum atomic E-state index is -3.20. The molecule has 1 aliphatic rings. The van der Waals surface area contributed by atoms with Crippen molar-refractivity contribution in [1.29, 1.82) is 0 Å². The molecule has 27 heavy (non-hydrogen) atoms. The Balaban J connectivity index is 2.04. The average Bonchev–Trinajstić information content (AvgIpc) is 3.06. The fourth-order valence-corrected chi connectivity index (χ4v) is 4.13. The van der Waals surface area contributed by atoms with E-state index >= 15 is 0 Å². The second-order valence-electron chi connectivity index (χ2n) is 7.11. The van der Waals surface area contributed by atoms with Crippen LogP contribution in [0.15, 0.2) is 23.2 Å². The number of likely N-dealkylation sites (tertiary alicyclic amines) is 1. The largest absolute Gasteiger partial charge is 0.357 e. The van der Waals surface area contributed by atoms with Gasteiger partial charge in [-0.2, -0.15) is 0 Å². The molecule has 0 saturated carbocycles. The lowest BCUT2D eigenvalue weighted by atomic mass is 10.1. The number of rotatable bonds is 8. The first-order chi connectivity index (χ1) is 12.8. The lowest BCUT2D eigenvalue weighted by molar-refractivity contribution is 0.342. The molecule has 1 atom stereocenters. The summed E-state index contributed by atoms with van der Waals surface area (Å²) >= 11 is 0. The van der Waals surface area contributed by atoms with Gasteiger partial charge in [-0.3, -0.25) is 0 Å². The molecule has 152 valence electrons. The van der Waals surface area contributed by atoms with E-state index in [1.54, 1.807) is 0 Å². The molecule has 2 N–H and O–H groups in total. The first-order valence-corrected chi connectivity index (χ1v) is 11.6. The average molecular weight is 399 g/mol. The molecular weight excluding hydrogens is 367 g/mol. The fraction of sp³-hybridized carbons (Fsp3) is 0.632. The van der Waals surface area contributed by atoms with Gasteiger partial charge in [0.25, 0.3) is 0 Å². The molecule has 1 unspecified atom stereocenters. The second-order valence-corrected chi connectivity index (χ2v) is 9.25. The number of hydrogen-bond donors (Lipinski definition) is 2. The van der Waals surface area contributed by atoms with Crippen molar-refractivity contribution in [2.24, 2.45) is 10.9 Å². The van der Waals surface area contributed by atoms with Gasteiger partial charge in [0.1, 0.15) is 5.82 Å². The van der Waals surface area contributed by atoms with E-state index in [1.165, 1.54) is 30.9 Å². The van der Waals surface area contributed by atoms with Crippen LogP contribution in [-0.4, -0.2) is 58.3 Å². The standard InChI is InChI=1S/C19H31FN4O2S/c1-4-21-19(22-11-15-8-9-24(5-2)13-15)23-12-17-10-18(20)7-6-16(17)14-27(3,25)26/h6-7,10,15H,4-5,8-9,11-14H2,1-3H3,(H2,21,22,23). The number of halogens is 1. The number of nitrogens with zero attached hydrogens (tertiary/aromatic N) is 2. The molecule has 0 aromatic heterocycles. The van der Waals surface area contributed by atoms with E-state index in [4.69, 9.17) is 0 Å². The van der Waals surface area contributed by atoms with Gasteiger partial charge >= 0.3 is 0 Å². The number of hydrogen-bond acceptors (Lipinski definition) is 4. The van der Waals surface area contributed by atoms with Gasteiger partial charge in [-0.1, -0.05) is 13.0 Å². The quantitative estimate of drug-likeness (QED) is 0.516. The molecule has 1 fully saturated rings. The van der Waals surface area contributed by atoms with Crippen LogP contribution in [0.5, 0.6) is 0 Å². The van der Waals surface area contributed by atoms with Gasteiger partial charge in [-0.15, -0.1) is 0 Å². The zero-order valence-corrected chi connectivity index (χ0v) is 17.3. The highest BCUT2D eigenvalue weighted by atomic mass is 32.2. The molecule has 1 aromatic carbocycles. The number of benzene rings is 1. The molecule has 0 radical (unpaired) electrons. The van der Waals surface area contributed by atoms with E-state index < -0.39 is 9.84 Å². The van der Waals surface area contributed by atoms with Crippen molar-refractivity contribution in [2.45, 2.75) is 32.6 Å². The van der Waals surface area contributed by atoms with Gasteiger partial charge < -0.3 is 15.5 Å². The van der Waals surface area contributed by atoms with Crippen LogP contribution in [0.2, 0.25) is 0 Å². The summed E-state index contributed by atoms with van der Waals surface area (Å²) in [6.07, 6.45) is 2.35. The number of aliphatic imine (C=N–C) groups is 1. The lowest BCUT2D eigenvalue weighted by Crippen LogP contribution is -2.40. The van der Waals surface area contributed by atoms with E-state index in [-0.39, 0.29) is 18.1 Å². The molecule has 2 rings (SSSR count). The molecule has 0 amide bonds. The summed E-state index contributed by atoms with van der Waals surface area (Å²) in [5.74, 6) is 0.753. The Morgan fingerprint density at radius 1 is 1.30 bits per heavy atom. The molecule has 0 bridgehead atoms. The van der Waals surface area contributed by atoms with Crippen LogP contribution in [0, 0.1) is 11.7 Å². The predicted molar refractivity (Wildman–Crippen MR) is 108 cm³/mol. The van der Waals surface area contributed by atoms with E-state index in [2.05, 4.69) is 27.4 Å². The van der Waals surface area contributed by atoms with E-state index in [0.717, 1.165) is 32.7 Å². The molecule has 8 heteroatoms. The molecule has 0 aliphatic carbocycles. The van der Waals surface area contributed by atoms with Gasteiger partial charge in [0.15, 0.2) is 15.8 Å². The van der Waals surface area contributed by atoms with Gasteiger partial charge in [-0.05, 0) is 55.6 Å². The Kier molecular flexibility index (Phi) is 8.04. The van der Waals surface area contributed by atoms with E-state index in [1.807, 2.05) is 6.92 Å². The number of sulfone groups is 1. The highest BCUT2D eigenvalue weighted by Gasteiger charge is 2.21. The van der Waals surface area contributed by atoms with Crippen LogP contribution in [0.3, 0.4) is 0 Å². The number of guanidine groups is 1. The summed E-state index contributed by atoms with van der Waals surface area (Å²) in [6, 6.07) is 4.18. The van der Waals surface area contributed by atoms with Crippen LogP contribution in [-0.2, 0) is 22.1 Å². The first kappa shape index (κ1) is 21.6. The maximum Gasteiger partial charge on any atom is 0.191 e. The third-order valence-corrected chi connectivity index (χ3v) is 5.55. The molecule has 1 saturated heterocycles. The SMILES string of the molecule is CCNC(=NCc1cc(F)ccc1CS(C)(=O)=O)NCC1CCN(CC)C1. The van der Waals surface area contributed by atoms with Crippen LogP contribution >= 0.6 is 0 Å². The van der Waals surface area contributed by atoms with Crippen molar-refractivity contribution in [3.05, 3.63) is 35.1 Å². The fourth-order valence-electron chi connectivity index (χ4n) is 3.28. The maximum absolute atomic E-state index is 13.6.